The fraction of sp³-hybridized carbons (Fsp3) is 0.594. The van der Waals surface area contributed by atoms with Gasteiger partial charge in [-0.3, -0.25) is 0 Å². The molecule has 0 aromatic heterocycles. The summed E-state index contributed by atoms with van der Waals surface area (Å²) in [7, 11) is 0. The lowest BCUT2D eigenvalue weighted by atomic mass is 9.63. The SMILES string of the molecule is O=C(O)NC(c1ccccc1)(c1cccc(OCCCCCCCCC2OCCO2)c1)[C@H]1CN2CCC1CC2. The van der Waals surface area contributed by atoms with Crippen LogP contribution in [0.1, 0.15) is 68.9 Å². The molecule has 2 atom stereocenters. The average Bonchev–Trinajstić information content (AvgIpc) is 3.50. The van der Waals surface area contributed by atoms with Gasteiger partial charge in [-0.25, -0.2) is 4.79 Å². The molecule has 4 saturated heterocycles. The minimum atomic E-state index is -0.995. The summed E-state index contributed by atoms with van der Waals surface area (Å²) in [6.07, 6.45) is 9.19. The Bertz CT molecular complexity index is 1040. The number of nitrogens with one attached hydrogen (secondary N) is 1. The number of amides is 1. The van der Waals surface area contributed by atoms with Gasteiger partial charge in [0.2, 0.25) is 0 Å². The van der Waals surface area contributed by atoms with E-state index in [1.807, 2.05) is 30.3 Å². The number of fused-ring (bicyclic) bond motifs is 3. The predicted molar refractivity (Wildman–Crippen MR) is 151 cm³/mol. The van der Waals surface area contributed by atoms with Gasteiger partial charge in [0.1, 0.15) is 5.75 Å². The zero-order valence-electron chi connectivity index (χ0n) is 23.1. The molecule has 4 aliphatic heterocycles. The molecule has 2 N–H and O–H groups in total. The molecule has 0 aliphatic carbocycles. The Hall–Kier alpha value is -2.61. The van der Waals surface area contributed by atoms with Crippen molar-refractivity contribution >= 4 is 6.09 Å². The molecular formula is C32H44N2O5. The summed E-state index contributed by atoms with van der Waals surface area (Å²) >= 11 is 0. The number of benzene rings is 2. The molecule has 212 valence electrons. The molecule has 4 heterocycles. The molecule has 39 heavy (non-hydrogen) atoms. The van der Waals surface area contributed by atoms with Gasteiger partial charge < -0.3 is 29.5 Å². The maximum Gasteiger partial charge on any atom is 0.405 e. The first kappa shape index (κ1) is 27.9. The van der Waals surface area contributed by atoms with E-state index in [1.54, 1.807) is 0 Å². The number of carboxylic acid groups (broad SMARTS) is 1. The Morgan fingerprint density at radius 2 is 1.62 bits per heavy atom. The number of nitrogens with zero attached hydrogens (tertiary/aromatic N) is 1. The van der Waals surface area contributed by atoms with E-state index in [1.165, 1.54) is 19.3 Å². The molecule has 2 bridgehead atoms. The molecule has 2 aromatic carbocycles. The second-order valence-corrected chi connectivity index (χ2v) is 11.3. The second-order valence-electron chi connectivity index (χ2n) is 11.3. The summed E-state index contributed by atoms with van der Waals surface area (Å²) in [5, 5.41) is 13.2. The van der Waals surface area contributed by atoms with Crippen molar-refractivity contribution in [2.75, 3.05) is 39.5 Å². The quantitative estimate of drug-likeness (QED) is 0.287. The lowest BCUT2D eigenvalue weighted by Gasteiger charge is -2.53. The van der Waals surface area contributed by atoms with Crippen molar-refractivity contribution in [3.63, 3.8) is 0 Å². The van der Waals surface area contributed by atoms with Gasteiger partial charge in [0.05, 0.1) is 25.4 Å². The molecule has 4 aliphatic rings. The predicted octanol–water partition coefficient (Wildman–Crippen LogP) is 6.02. The third-order valence-electron chi connectivity index (χ3n) is 8.83. The van der Waals surface area contributed by atoms with E-state index in [0.717, 1.165) is 88.2 Å². The van der Waals surface area contributed by atoms with Crippen LogP contribution in [0.4, 0.5) is 4.79 Å². The molecule has 1 amide bonds. The van der Waals surface area contributed by atoms with Crippen molar-refractivity contribution in [1.82, 2.24) is 10.2 Å². The maximum atomic E-state index is 12.3. The van der Waals surface area contributed by atoms with Crippen LogP contribution in [0.15, 0.2) is 54.6 Å². The summed E-state index contributed by atoms with van der Waals surface area (Å²) in [6.45, 7) is 5.23. The van der Waals surface area contributed by atoms with Crippen LogP contribution in [0.25, 0.3) is 0 Å². The van der Waals surface area contributed by atoms with Crippen LogP contribution in [-0.2, 0) is 15.0 Å². The van der Waals surface area contributed by atoms with Crippen LogP contribution in [-0.4, -0.2) is 61.8 Å². The Morgan fingerprint density at radius 1 is 0.923 bits per heavy atom. The highest BCUT2D eigenvalue weighted by Gasteiger charge is 2.50. The molecule has 1 unspecified atom stereocenters. The van der Waals surface area contributed by atoms with Crippen molar-refractivity contribution in [2.24, 2.45) is 11.8 Å². The fourth-order valence-corrected chi connectivity index (χ4v) is 6.87. The molecule has 7 nitrogen and oxygen atoms in total. The summed E-state index contributed by atoms with van der Waals surface area (Å²) in [6, 6.07) is 18.3. The number of rotatable bonds is 14. The molecular weight excluding hydrogens is 492 g/mol. The first-order valence-electron chi connectivity index (χ1n) is 14.9. The van der Waals surface area contributed by atoms with Crippen molar-refractivity contribution in [3.8, 4) is 5.75 Å². The normalized spacial score (nSPS) is 24.4. The average molecular weight is 537 g/mol. The van der Waals surface area contributed by atoms with Crippen LogP contribution < -0.4 is 10.1 Å². The first-order chi connectivity index (χ1) is 19.1. The molecule has 7 heteroatoms. The highest BCUT2D eigenvalue weighted by Crippen LogP contribution is 2.47. The van der Waals surface area contributed by atoms with Gasteiger partial charge in [0.15, 0.2) is 6.29 Å². The molecule has 0 spiro atoms. The summed E-state index contributed by atoms with van der Waals surface area (Å²) < 4.78 is 17.2. The van der Waals surface area contributed by atoms with Crippen LogP contribution in [0.3, 0.4) is 0 Å². The monoisotopic (exact) mass is 536 g/mol. The Morgan fingerprint density at radius 3 is 2.31 bits per heavy atom. The standard InChI is InChI=1S/C32H44N2O5/c35-31(36)33-32(26-11-6-5-7-12-26,29-24-34-18-16-25(29)17-19-34)27-13-10-14-28(23-27)37-20-9-4-2-1-3-8-15-30-38-21-22-39-30/h5-7,10-14,23,25,29-30,33H,1-4,8-9,15-22,24H2,(H,35,36)/t29-,32?/m0/s1. The van der Waals surface area contributed by atoms with Crippen LogP contribution in [0, 0.1) is 11.8 Å². The number of ether oxygens (including phenoxy) is 3. The van der Waals surface area contributed by atoms with E-state index in [4.69, 9.17) is 14.2 Å². The van der Waals surface area contributed by atoms with Gasteiger partial charge >= 0.3 is 6.09 Å². The van der Waals surface area contributed by atoms with E-state index in [-0.39, 0.29) is 12.2 Å². The molecule has 0 radical (unpaired) electrons. The maximum absolute atomic E-state index is 12.3. The number of piperidine rings is 3. The molecule has 4 fully saturated rings. The Balaban J connectivity index is 1.22. The third kappa shape index (κ3) is 6.94. The fourth-order valence-electron chi connectivity index (χ4n) is 6.87. The Kier molecular flexibility index (Phi) is 9.77. The lowest BCUT2D eigenvalue weighted by Crippen LogP contribution is -2.61. The van der Waals surface area contributed by atoms with Crippen LogP contribution in [0.5, 0.6) is 5.75 Å². The van der Waals surface area contributed by atoms with E-state index in [0.29, 0.717) is 12.5 Å². The third-order valence-corrected chi connectivity index (χ3v) is 8.83. The van der Waals surface area contributed by atoms with Crippen molar-refractivity contribution in [2.45, 2.75) is 69.6 Å². The van der Waals surface area contributed by atoms with Gasteiger partial charge in [-0.15, -0.1) is 0 Å². The Labute approximate surface area is 232 Å². The van der Waals surface area contributed by atoms with E-state index < -0.39 is 11.6 Å². The van der Waals surface area contributed by atoms with Gasteiger partial charge in [0.25, 0.3) is 0 Å². The van der Waals surface area contributed by atoms with E-state index >= 15 is 0 Å². The highest BCUT2D eigenvalue weighted by atomic mass is 16.7. The second kappa shape index (κ2) is 13.6. The van der Waals surface area contributed by atoms with Crippen LogP contribution >= 0.6 is 0 Å². The molecule has 2 aromatic rings. The molecule has 6 rings (SSSR count). The number of hydrogen-bond donors (Lipinski definition) is 2. The van der Waals surface area contributed by atoms with E-state index in [9.17, 15) is 9.90 Å². The minimum Gasteiger partial charge on any atom is -0.494 e. The smallest absolute Gasteiger partial charge is 0.405 e. The molecule has 0 saturated carbocycles. The lowest BCUT2D eigenvalue weighted by molar-refractivity contribution is -0.0480. The van der Waals surface area contributed by atoms with Crippen molar-refractivity contribution in [3.05, 3.63) is 65.7 Å². The van der Waals surface area contributed by atoms with Gasteiger partial charge in [0, 0.05) is 12.5 Å². The zero-order valence-corrected chi connectivity index (χ0v) is 23.1. The van der Waals surface area contributed by atoms with Crippen LogP contribution in [0.2, 0.25) is 0 Å². The number of hydrogen-bond acceptors (Lipinski definition) is 5. The largest absolute Gasteiger partial charge is 0.494 e. The topological polar surface area (TPSA) is 80.3 Å². The minimum absolute atomic E-state index is 0.0197. The summed E-state index contributed by atoms with van der Waals surface area (Å²) in [5.74, 6) is 1.43. The zero-order chi connectivity index (χ0) is 26.9. The van der Waals surface area contributed by atoms with Gasteiger partial charge in [-0.1, -0.05) is 68.1 Å². The highest BCUT2D eigenvalue weighted by molar-refractivity contribution is 5.68. The van der Waals surface area contributed by atoms with Gasteiger partial charge in [-0.2, -0.15) is 0 Å². The first-order valence-corrected chi connectivity index (χ1v) is 14.9. The van der Waals surface area contributed by atoms with E-state index in [2.05, 4.69) is 34.5 Å². The summed E-state index contributed by atoms with van der Waals surface area (Å²) in [4.78, 5) is 14.8. The van der Waals surface area contributed by atoms with Crippen molar-refractivity contribution < 1.29 is 24.1 Å². The number of carbonyl (C=O) groups is 1. The van der Waals surface area contributed by atoms with Gasteiger partial charge in [-0.05, 0) is 74.4 Å². The number of unbranched alkanes of at least 4 members (excludes halogenated alkanes) is 5. The van der Waals surface area contributed by atoms with Crippen molar-refractivity contribution in [1.29, 1.82) is 0 Å². The summed E-state index contributed by atoms with van der Waals surface area (Å²) in [5.41, 5.74) is 1.13.